The van der Waals surface area contributed by atoms with E-state index in [0.29, 0.717) is 23.7 Å². The molecule has 1 N–H and O–H groups in total. The number of benzene rings is 1. The Hall–Kier alpha value is -2.77. The smallest absolute Gasteiger partial charge is 0.296 e. The number of ether oxygens (including phenoxy) is 2. The van der Waals surface area contributed by atoms with Crippen LogP contribution in [0.15, 0.2) is 24.5 Å². The zero-order valence-corrected chi connectivity index (χ0v) is 11.4. The molecule has 3 rings (SSSR count). The molecule has 0 saturated carbocycles. The van der Waals surface area contributed by atoms with E-state index in [1.54, 1.807) is 16.9 Å². The molecule has 110 valence electrons. The lowest BCUT2D eigenvalue weighted by molar-refractivity contribution is -0.384. The van der Waals surface area contributed by atoms with Gasteiger partial charge in [0.15, 0.2) is 11.5 Å². The number of hydrogen-bond donors (Lipinski definition) is 1. The first-order valence-corrected chi connectivity index (χ1v) is 6.50. The summed E-state index contributed by atoms with van der Waals surface area (Å²) in [5.41, 5.74) is 1.31. The highest BCUT2D eigenvalue weighted by Crippen LogP contribution is 2.40. The topological polar surface area (TPSA) is 91.5 Å². The predicted octanol–water partition coefficient (Wildman–Crippen LogP) is 2.15. The van der Waals surface area contributed by atoms with Crippen LogP contribution in [-0.4, -0.2) is 21.5 Å². The molecular weight excluding hydrogens is 276 g/mol. The van der Waals surface area contributed by atoms with Crippen LogP contribution in [0.4, 0.5) is 11.4 Å². The molecule has 0 saturated heterocycles. The van der Waals surface area contributed by atoms with Gasteiger partial charge < -0.3 is 14.8 Å². The van der Waals surface area contributed by atoms with Gasteiger partial charge in [-0.25, -0.2) is 0 Å². The maximum atomic E-state index is 11.1. The molecule has 0 spiro atoms. The Morgan fingerprint density at radius 3 is 2.86 bits per heavy atom. The minimum absolute atomic E-state index is 0.0397. The number of nitrogens with one attached hydrogen (secondary N) is 1. The van der Waals surface area contributed by atoms with Crippen molar-refractivity contribution in [2.24, 2.45) is 0 Å². The minimum atomic E-state index is -0.445. The number of nitrogens with zero attached hydrogens (tertiary/aromatic N) is 3. The fourth-order valence-corrected chi connectivity index (χ4v) is 2.09. The minimum Gasteiger partial charge on any atom is -0.454 e. The highest BCUT2D eigenvalue weighted by atomic mass is 16.7. The third-order valence-corrected chi connectivity index (χ3v) is 3.18. The van der Waals surface area contributed by atoms with E-state index in [1.165, 1.54) is 6.07 Å². The quantitative estimate of drug-likeness (QED) is 0.670. The molecule has 1 aliphatic rings. The first kappa shape index (κ1) is 13.2. The largest absolute Gasteiger partial charge is 0.454 e. The lowest BCUT2D eigenvalue weighted by atomic mass is 10.2. The van der Waals surface area contributed by atoms with Crippen molar-refractivity contribution in [1.29, 1.82) is 0 Å². The second-order valence-electron chi connectivity index (χ2n) is 4.54. The van der Waals surface area contributed by atoms with Crippen LogP contribution < -0.4 is 14.8 Å². The molecule has 0 aliphatic carbocycles. The van der Waals surface area contributed by atoms with E-state index < -0.39 is 4.92 Å². The normalized spacial score (nSPS) is 12.4. The van der Waals surface area contributed by atoms with Gasteiger partial charge in [-0.3, -0.25) is 14.8 Å². The van der Waals surface area contributed by atoms with E-state index in [4.69, 9.17) is 9.47 Å². The van der Waals surface area contributed by atoms with E-state index in [0.717, 1.165) is 12.1 Å². The van der Waals surface area contributed by atoms with Crippen molar-refractivity contribution in [1.82, 2.24) is 9.78 Å². The lowest BCUT2D eigenvalue weighted by Gasteiger charge is -2.07. The maximum absolute atomic E-state index is 11.1. The summed E-state index contributed by atoms with van der Waals surface area (Å²) in [4.78, 5) is 10.7. The number of fused-ring (bicyclic) bond motifs is 1. The van der Waals surface area contributed by atoms with Gasteiger partial charge >= 0.3 is 0 Å². The third kappa shape index (κ3) is 2.60. The van der Waals surface area contributed by atoms with Crippen LogP contribution in [0.2, 0.25) is 0 Å². The SMILES string of the molecule is CCn1cc(CNc2cc3c(cc2[N+](=O)[O-])OCO3)cn1. The van der Waals surface area contributed by atoms with E-state index in [1.807, 2.05) is 13.1 Å². The van der Waals surface area contributed by atoms with Gasteiger partial charge in [0, 0.05) is 30.9 Å². The molecule has 1 aromatic carbocycles. The molecule has 1 aromatic heterocycles. The maximum Gasteiger partial charge on any atom is 0.296 e. The zero-order valence-electron chi connectivity index (χ0n) is 11.4. The van der Waals surface area contributed by atoms with Crippen molar-refractivity contribution in [3.63, 3.8) is 0 Å². The van der Waals surface area contributed by atoms with Gasteiger partial charge in [0.05, 0.1) is 17.2 Å². The van der Waals surface area contributed by atoms with Crippen molar-refractivity contribution in [2.45, 2.75) is 20.0 Å². The first-order chi connectivity index (χ1) is 10.2. The first-order valence-electron chi connectivity index (χ1n) is 6.50. The predicted molar refractivity (Wildman–Crippen MR) is 74.4 cm³/mol. The highest BCUT2D eigenvalue weighted by Gasteiger charge is 2.23. The number of aryl methyl sites for hydroxylation is 1. The molecular formula is C13H14N4O4. The molecule has 2 heterocycles. The van der Waals surface area contributed by atoms with Crippen LogP contribution in [0.5, 0.6) is 11.5 Å². The van der Waals surface area contributed by atoms with Crippen molar-refractivity contribution in [2.75, 3.05) is 12.1 Å². The summed E-state index contributed by atoms with van der Waals surface area (Å²) in [7, 11) is 0. The standard InChI is InChI=1S/C13H14N4O4/c1-2-16-7-9(6-15-16)5-14-10-3-12-13(21-8-20-12)4-11(10)17(18)19/h3-4,6-7,14H,2,5,8H2,1H3. The summed E-state index contributed by atoms with van der Waals surface area (Å²) in [5, 5.41) is 18.3. The molecule has 2 aromatic rings. The van der Waals surface area contributed by atoms with Gasteiger partial charge in [0.2, 0.25) is 6.79 Å². The average Bonchev–Trinajstić information content (AvgIpc) is 3.12. The number of rotatable bonds is 5. The summed E-state index contributed by atoms with van der Waals surface area (Å²) in [6.45, 7) is 3.30. The van der Waals surface area contributed by atoms with Crippen LogP contribution in [0, 0.1) is 10.1 Å². The Labute approximate surface area is 120 Å². The van der Waals surface area contributed by atoms with Crippen molar-refractivity contribution in [3.8, 4) is 11.5 Å². The number of anilines is 1. The summed E-state index contributed by atoms with van der Waals surface area (Å²) >= 11 is 0. The van der Waals surface area contributed by atoms with Crippen LogP contribution in [0.25, 0.3) is 0 Å². The fraction of sp³-hybridized carbons (Fsp3) is 0.308. The molecule has 8 nitrogen and oxygen atoms in total. The number of nitro benzene ring substituents is 1. The summed E-state index contributed by atoms with van der Waals surface area (Å²) in [6.07, 6.45) is 3.63. The Balaban J connectivity index is 1.82. The zero-order chi connectivity index (χ0) is 14.8. The number of hydrogen-bond acceptors (Lipinski definition) is 6. The van der Waals surface area contributed by atoms with Crippen molar-refractivity contribution < 1.29 is 14.4 Å². The average molecular weight is 290 g/mol. The molecule has 0 atom stereocenters. The molecule has 8 heteroatoms. The number of aromatic nitrogens is 2. The second kappa shape index (κ2) is 5.31. The molecule has 0 fully saturated rings. The molecule has 0 bridgehead atoms. The van der Waals surface area contributed by atoms with Gasteiger partial charge in [0.25, 0.3) is 5.69 Å². The molecule has 21 heavy (non-hydrogen) atoms. The van der Waals surface area contributed by atoms with Crippen LogP contribution in [0.3, 0.4) is 0 Å². The second-order valence-corrected chi connectivity index (χ2v) is 4.54. The van der Waals surface area contributed by atoms with Gasteiger partial charge in [-0.15, -0.1) is 0 Å². The van der Waals surface area contributed by atoms with Crippen molar-refractivity contribution >= 4 is 11.4 Å². The Bertz CT molecular complexity index is 683. The monoisotopic (exact) mass is 290 g/mol. The summed E-state index contributed by atoms with van der Waals surface area (Å²) < 4.78 is 12.2. The van der Waals surface area contributed by atoms with E-state index in [9.17, 15) is 10.1 Å². The molecule has 0 amide bonds. The highest BCUT2D eigenvalue weighted by molar-refractivity contribution is 5.69. The van der Waals surface area contributed by atoms with Crippen LogP contribution in [-0.2, 0) is 13.1 Å². The summed E-state index contributed by atoms with van der Waals surface area (Å²) in [6, 6.07) is 2.96. The Morgan fingerprint density at radius 2 is 2.19 bits per heavy atom. The van der Waals surface area contributed by atoms with Gasteiger partial charge in [-0.2, -0.15) is 5.10 Å². The van der Waals surface area contributed by atoms with E-state index >= 15 is 0 Å². The molecule has 0 unspecified atom stereocenters. The van der Waals surface area contributed by atoms with Gasteiger partial charge in [-0.1, -0.05) is 0 Å². The van der Waals surface area contributed by atoms with Crippen LogP contribution in [0.1, 0.15) is 12.5 Å². The number of nitro groups is 1. The van der Waals surface area contributed by atoms with E-state index in [-0.39, 0.29) is 12.5 Å². The van der Waals surface area contributed by atoms with Crippen molar-refractivity contribution in [3.05, 3.63) is 40.2 Å². The van der Waals surface area contributed by atoms with E-state index in [2.05, 4.69) is 10.4 Å². The Kier molecular flexibility index (Phi) is 3.35. The molecule has 1 aliphatic heterocycles. The van der Waals surface area contributed by atoms with Gasteiger partial charge in [-0.05, 0) is 6.92 Å². The molecule has 0 radical (unpaired) electrons. The summed E-state index contributed by atoms with van der Waals surface area (Å²) in [5.74, 6) is 0.901. The lowest BCUT2D eigenvalue weighted by Crippen LogP contribution is -2.02. The Morgan fingerprint density at radius 1 is 1.43 bits per heavy atom. The third-order valence-electron chi connectivity index (χ3n) is 3.18. The van der Waals surface area contributed by atoms with Gasteiger partial charge in [0.1, 0.15) is 5.69 Å². The van der Waals surface area contributed by atoms with Crippen LogP contribution >= 0.6 is 0 Å². The fourth-order valence-electron chi connectivity index (χ4n) is 2.09.